The van der Waals surface area contributed by atoms with Gasteiger partial charge in [-0.15, -0.1) is 11.3 Å². The quantitative estimate of drug-likeness (QED) is 0.744. The number of para-hydroxylation sites is 1. The van der Waals surface area contributed by atoms with E-state index in [2.05, 4.69) is 15.5 Å². The SMILES string of the molecule is Cc1ccccc1O[C@@H](C)C(=O)NCc1nc(-c2cccs2)no1. The number of carbonyl (C=O) groups is 1. The summed E-state index contributed by atoms with van der Waals surface area (Å²) in [5, 5.41) is 8.59. The molecule has 6 nitrogen and oxygen atoms in total. The molecule has 0 bridgehead atoms. The highest BCUT2D eigenvalue weighted by Crippen LogP contribution is 2.21. The van der Waals surface area contributed by atoms with Crippen LogP contribution in [0, 0.1) is 6.92 Å². The molecule has 1 aromatic carbocycles. The van der Waals surface area contributed by atoms with Crippen LogP contribution in [-0.4, -0.2) is 22.2 Å². The van der Waals surface area contributed by atoms with Crippen molar-refractivity contribution in [2.45, 2.75) is 26.5 Å². The number of hydrogen-bond donors (Lipinski definition) is 1. The molecule has 0 aliphatic rings. The van der Waals surface area contributed by atoms with E-state index < -0.39 is 6.10 Å². The first kappa shape index (κ1) is 16.2. The minimum atomic E-state index is -0.620. The number of thiophene rings is 1. The largest absolute Gasteiger partial charge is 0.481 e. The maximum Gasteiger partial charge on any atom is 0.261 e. The second-order valence-corrected chi connectivity index (χ2v) is 6.18. The van der Waals surface area contributed by atoms with Crippen molar-refractivity contribution in [1.82, 2.24) is 15.5 Å². The van der Waals surface area contributed by atoms with Crippen molar-refractivity contribution in [3.8, 4) is 16.5 Å². The van der Waals surface area contributed by atoms with E-state index in [4.69, 9.17) is 9.26 Å². The van der Waals surface area contributed by atoms with E-state index in [9.17, 15) is 4.79 Å². The van der Waals surface area contributed by atoms with Crippen molar-refractivity contribution in [1.29, 1.82) is 0 Å². The van der Waals surface area contributed by atoms with Gasteiger partial charge in [-0.1, -0.05) is 29.4 Å². The van der Waals surface area contributed by atoms with Gasteiger partial charge >= 0.3 is 0 Å². The highest BCUT2D eigenvalue weighted by Gasteiger charge is 2.17. The third-order valence-corrected chi connectivity index (χ3v) is 4.26. The maximum absolute atomic E-state index is 12.1. The average molecular weight is 343 g/mol. The summed E-state index contributed by atoms with van der Waals surface area (Å²) >= 11 is 1.53. The van der Waals surface area contributed by atoms with Gasteiger partial charge in [0.15, 0.2) is 6.10 Å². The predicted molar refractivity (Wildman–Crippen MR) is 90.7 cm³/mol. The van der Waals surface area contributed by atoms with Crippen LogP contribution in [0.4, 0.5) is 0 Å². The molecule has 2 heterocycles. The van der Waals surface area contributed by atoms with Crippen LogP contribution in [0.2, 0.25) is 0 Å². The first-order valence-electron chi connectivity index (χ1n) is 7.50. The summed E-state index contributed by atoms with van der Waals surface area (Å²) in [7, 11) is 0. The lowest BCUT2D eigenvalue weighted by Crippen LogP contribution is -2.36. The normalized spacial score (nSPS) is 11.9. The number of hydrogen-bond acceptors (Lipinski definition) is 6. The molecular formula is C17H17N3O3S. The summed E-state index contributed by atoms with van der Waals surface area (Å²) in [6, 6.07) is 11.4. The standard InChI is InChI=1S/C17H17N3O3S/c1-11-6-3-4-7-13(11)22-12(2)17(21)18-10-15-19-16(20-23-15)14-8-5-9-24-14/h3-9,12H,10H2,1-2H3,(H,18,21)/t12-/m0/s1. The Balaban J connectivity index is 1.54. The Labute approximate surface area is 143 Å². The molecule has 0 aliphatic carbocycles. The Morgan fingerprint density at radius 2 is 2.17 bits per heavy atom. The number of rotatable bonds is 6. The number of aryl methyl sites for hydroxylation is 1. The number of nitrogens with one attached hydrogen (secondary N) is 1. The Bertz CT molecular complexity index is 814. The van der Waals surface area contributed by atoms with E-state index in [1.54, 1.807) is 6.92 Å². The summed E-state index contributed by atoms with van der Waals surface area (Å²) in [6.45, 7) is 3.80. The lowest BCUT2D eigenvalue weighted by Gasteiger charge is -2.15. The number of amides is 1. The van der Waals surface area contributed by atoms with Gasteiger partial charge in [0.25, 0.3) is 5.91 Å². The fourth-order valence-electron chi connectivity index (χ4n) is 2.07. The lowest BCUT2D eigenvalue weighted by atomic mass is 10.2. The van der Waals surface area contributed by atoms with Crippen molar-refractivity contribution in [3.63, 3.8) is 0 Å². The van der Waals surface area contributed by atoms with Gasteiger partial charge in [-0.3, -0.25) is 4.79 Å². The van der Waals surface area contributed by atoms with E-state index in [0.29, 0.717) is 17.5 Å². The van der Waals surface area contributed by atoms with Crippen LogP contribution in [0.5, 0.6) is 5.75 Å². The molecule has 0 fully saturated rings. The molecule has 124 valence electrons. The van der Waals surface area contributed by atoms with Crippen LogP contribution in [0.25, 0.3) is 10.7 Å². The van der Waals surface area contributed by atoms with E-state index >= 15 is 0 Å². The smallest absolute Gasteiger partial charge is 0.261 e. The molecule has 0 spiro atoms. The molecular weight excluding hydrogens is 326 g/mol. The van der Waals surface area contributed by atoms with Gasteiger partial charge in [0.2, 0.25) is 11.7 Å². The molecule has 24 heavy (non-hydrogen) atoms. The van der Waals surface area contributed by atoms with Gasteiger partial charge in [0.1, 0.15) is 5.75 Å². The van der Waals surface area contributed by atoms with Crippen LogP contribution in [0.1, 0.15) is 18.4 Å². The van der Waals surface area contributed by atoms with E-state index in [1.807, 2.05) is 48.7 Å². The number of aromatic nitrogens is 2. The third-order valence-electron chi connectivity index (χ3n) is 3.39. The summed E-state index contributed by atoms with van der Waals surface area (Å²) in [6.07, 6.45) is -0.620. The van der Waals surface area contributed by atoms with Gasteiger partial charge in [-0.2, -0.15) is 4.98 Å². The molecule has 0 unspecified atom stereocenters. The molecule has 0 aliphatic heterocycles. The van der Waals surface area contributed by atoms with Crippen LogP contribution in [-0.2, 0) is 11.3 Å². The van der Waals surface area contributed by atoms with Crippen LogP contribution >= 0.6 is 11.3 Å². The van der Waals surface area contributed by atoms with Crippen LogP contribution in [0.3, 0.4) is 0 Å². The maximum atomic E-state index is 12.1. The van der Waals surface area contributed by atoms with E-state index in [-0.39, 0.29) is 12.5 Å². The summed E-state index contributed by atoms with van der Waals surface area (Å²) in [5.41, 5.74) is 0.981. The fraction of sp³-hybridized carbons (Fsp3) is 0.235. The van der Waals surface area contributed by atoms with Crippen molar-refractivity contribution in [2.24, 2.45) is 0 Å². The van der Waals surface area contributed by atoms with E-state index in [1.165, 1.54) is 11.3 Å². The zero-order valence-corrected chi connectivity index (χ0v) is 14.2. The highest BCUT2D eigenvalue weighted by molar-refractivity contribution is 7.13. The minimum Gasteiger partial charge on any atom is -0.481 e. The Morgan fingerprint density at radius 3 is 2.92 bits per heavy atom. The van der Waals surface area contributed by atoms with Crippen LogP contribution < -0.4 is 10.1 Å². The molecule has 3 aromatic rings. The van der Waals surface area contributed by atoms with Gasteiger partial charge in [-0.25, -0.2) is 0 Å². The summed E-state index contributed by atoms with van der Waals surface area (Å²) < 4.78 is 10.8. The van der Waals surface area contributed by atoms with E-state index in [0.717, 1.165) is 10.4 Å². The van der Waals surface area contributed by atoms with Crippen LogP contribution in [0.15, 0.2) is 46.3 Å². The predicted octanol–water partition coefficient (Wildman–Crippen LogP) is 3.19. The number of carbonyl (C=O) groups excluding carboxylic acids is 1. The van der Waals surface area contributed by atoms with Crippen molar-refractivity contribution < 1.29 is 14.1 Å². The molecule has 2 aromatic heterocycles. The molecule has 0 radical (unpaired) electrons. The zero-order chi connectivity index (χ0) is 16.9. The van der Waals surface area contributed by atoms with Gasteiger partial charge in [0.05, 0.1) is 11.4 Å². The number of ether oxygens (including phenoxy) is 1. The topological polar surface area (TPSA) is 77.2 Å². The van der Waals surface area contributed by atoms with Gasteiger partial charge in [-0.05, 0) is 36.9 Å². The zero-order valence-electron chi connectivity index (χ0n) is 13.4. The molecule has 3 rings (SSSR count). The lowest BCUT2D eigenvalue weighted by molar-refractivity contribution is -0.127. The molecule has 7 heteroatoms. The van der Waals surface area contributed by atoms with Crippen molar-refractivity contribution in [3.05, 3.63) is 53.2 Å². The Kier molecular flexibility index (Phi) is 4.90. The second kappa shape index (κ2) is 7.27. The summed E-state index contributed by atoms with van der Waals surface area (Å²) in [5.74, 6) is 1.33. The van der Waals surface area contributed by atoms with Gasteiger partial charge < -0.3 is 14.6 Å². The van der Waals surface area contributed by atoms with Crippen molar-refractivity contribution in [2.75, 3.05) is 0 Å². The monoisotopic (exact) mass is 343 g/mol. The van der Waals surface area contributed by atoms with Gasteiger partial charge in [0, 0.05) is 0 Å². The Hall–Kier alpha value is -2.67. The molecule has 1 atom stereocenters. The number of nitrogens with zero attached hydrogens (tertiary/aromatic N) is 2. The Morgan fingerprint density at radius 1 is 1.33 bits per heavy atom. The first-order chi connectivity index (χ1) is 11.6. The molecule has 0 saturated heterocycles. The molecule has 1 amide bonds. The fourth-order valence-corrected chi connectivity index (χ4v) is 2.72. The molecule has 0 saturated carbocycles. The minimum absolute atomic E-state index is 0.165. The third kappa shape index (κ3) is 3.80. The average Bonchev–Trinajstić information content (AvgIpc) is 3.25. The van der Waals surface area contributed by atoms with Crippen molar-refractivity contribution >= 4 is 17.2 Å². The summed E-state index contributed by atoms with van der Waals surface area (Å²) in [4.78, 5) is 17.3. The second-order valence-electron chi connectivity index (χ2n) is 5.23. The molecule has 1 N–H and O–H groups in total. The number of benzene rings is 1. The highest BCUT2D eigenvalue weighted by atomic mass is 32.1. The first-order valence-corrected chi connectivity index (χ1v) is 8.38.